The van der Waals surface area contributed by atoms with Gasteiger partial charge in [0.15, 0.2) is 12.1 Å². The number of fused-ring (bicyclic) bond motifs is 2. The van der Waals surface area contributed by atoms with E-state index in [0.717, 1.165) is 6.42 Å². The van der Waals surface area contributed by atoms with E-state index < -0.39 is 110 Å². The van der Waals surface area contributed by atoms with Gasteiger partial charge in [0.25, 0.3) is 0 Å². The number of carboxylic acids is 1. The van der Waals surface area contributed by atoms with Crippen LogP contribution in [0.2, 0.25) is 0 Å². The predicted octanol–water partition coefficient (Wildman–Crippen LogP) is 1.70. The number of rotatable bonds is 6. The summed E-state index contributed by atoms with van der Waals surface area (Å²) in [6, 6.07) is -1.10. The molecule has 3 aliphatic rings. The van der Waals surface area contributed by atoms with E-state index in [1.54, 1.807) is 56.4 Å². The second-order valence-electron chi connectivity index (χ2n) is 14.7. The van der Waals surface area contributed by atoms with E-state index >= 15 is 0 Å². The Kier molecular flexibility index (Phi) is 18.6. The molecule has 15 nitrogen and oxygen atoms in total. The lowest BCUT2D eigenvalue weighted by Gasteiger charge is -2.45. The number of hydrogen-bond donors (Lipinski definition) is 8. The van der Waals surface area contributed by atoms with Crippen molar-refractivity contribution < 1.29 is 69.1 Å². The molecule has 0 radical (unpaired) electrons. The molecule has 0 aromatic carbocycles. The summed E-state index contributed by atoms with van der Waals surface area (Å²) in [7, 11) is 0. The van der Waals surface area contributed by atoms with Crippen LogP contribution in [0.5, 0.6) is 0 Å². The van der Waals surface area contributed by atoms with E-state index in [9.17, 15) is 50.1 Å². The first-order chi connectivity index (χ1) is 25.6. The highest BCUT2D eigenvalue weighted by Gasteiger charge is 2.50. The van der Waals surface area contributed by atoms with Crippen LogP contribution in [0.15, 0.2) is 48.6 Å². The molecule has 3 rings (SSSR count). The maximum Gasteiger partial charge on any atom is 0.311 e. The smallest absolute Gasteiger partial charge is 0.311 e. The molecular weight excluding hydrogens is 706 g/mol. The molecule has 2 fully saturated rings. The van der Waals surface area contributed by atoms with Crippen molar-refractivity contribution in [2.45, 2.75) is 164 Å². The third-order valence-corrected chi connectivity index (χ3v) is 10.2. The first-order valence-electron chi connectivity index (χ1n) is 19.1. The molecule has 0 unspecified atom stereocenters. The second-order valence-corrected chi connectivity index (χ2v) is 14.7. The highest BCUT2D eigenvalue weighted by molar-refractivity contribution is 5.80. The summed E-state index contributed by atoms with van der Waals surface area (Å²) in [6.45, 7) is 5.27. The average Bonchev–Trinajstić information content (AvgIpc) is 3.08. The molecule has 0 aliphatic carbocycles. The standard InChI is InChI=1S/C39H61NO14/c1-4-14-26-17-11-9-7-6-8-10-12-18-27(53-38-35(46)33(40)34(45)23(3)51-38)20-31-32(36(47)48)30(44)22-39(50,54-31)21-25(42)16-13-15-24(41)19-29(43)28(5-2)37(49)52-26/h6-12,18,23,25-35,38,42-46,50H,4-5,13-17,19-22,40H2,1-3H3,(H,47,48)/b7-6-,10-8-,11-9-,18-12-/t23-,25+,26-,27+,28+,29-,30+,31+,32-,33+,34-,35+,38+,39-/m1/s1. The van der Waals surface area contributed by atoms with Gasteiger partial charge in [-0.3, -0.25) is 14.4 Å². The molecule has 0 saturated carbocycles. The van der Waals surface area contributed by atoms with Crippen LogP contribution in [-0.2, 0) is 33.3 Å². The Labute approximate surface area is 317 Å². The van der Waals surface area contributed by atoms with Crippen molar-refractivity contribution in [3.05, 3.63) is 48.6 Å². The van der Waals surface area contributed by atoms with Crippen molar-refractivity contribution in [3.8, 4) is 0 Å². The molecule has 15 heteroatoms. The minimum atomic E-state index is -2.15. The number of carbonyl (C=O) groups excluding carboxylic acids is 2. The molecule has 9 N–H and O–H groups in total. The first-order valence-corrected chi connectivity index (χ1v) is 19.1. The number of cyclic esters (lactones) is 1. The van der Waals surface area contributed by atoms with Crippen molar-refractivity contribution in [2.24, 2.45) is 17.6 Å². The number of hydrogen-bond acceptors (Lipinski definition) is 14. The Morgan fingerprint density at radius 3 is 2.33 bits per heavy atom. The molecule has 306 valence electrons. The maximum absolute atomic E-state index is 13.0. The van der Waals surface area contributed by atoms with Gasteiger partial charge < -0.3 is 60.4 Å². The number of nitrogens with two attached hydrogens (primary N) is 1. The Balaban J connectivity index is 1.90. The monoisotopic (exact) mass is 767 g/mol. The van der Waals surface area contributed by atoms with Crippen molar-refractivity contribution in [2.75, 3.05) is 0 Å². The molecule has 2 bridgehead atoms. The molecule has 14 atom stereocenters. The summed E-state index contributed by atoms with van der Waals surface area (Å²) in [6.07, 6.45) is 2.99. The normalized spacial score (nSPS) is 42.3. The number of esters is 1. The second kappa shape index (κ2) is 22.0. The number of aliphatic carboxylic acids is 1. The molecule has 54 heavy (non-hydrogen) atoms. The van der Waals surface area contributed by atoms with Crippen molar-refractivity contribution in [1.29, 1.82) is 0 Å². The van der Waals surface area contributed by atoms with E-state index in [1.807, 2.05) is 13.0 Å². The van der Waals surface area contributed by atoms with Crippen LogP contribution in [0.3, 0.4) is 0 Å². The Morgan fingerprint density at radius 1 is 0.981 bits per heavy atom. The number of aliphatic hydroxyl groups excluding tert-OH is 5. The van der Waals surface area contributed by atoms with Crippen LogP contribution in [0.4, 0.5) is 0 Å². The Morgan fingerprint density at radius 2 is 1.67 bits per heavy atom. The van der Waals surface area contributed by atoms with Gasteiger partial charge in [-0.05, 0) is 32.6 Å². The van der Waals surface area contributed by atoms with Gasteiger partial charge in [0.2, 0.25) is 0 Å². The van der Waals surface area contributed by atoms with E-state index in [4.69, 9.17) is 24.7 Å². The lowest BCUT2D eigenvalue weighted by Crippen LogP contribution is -2.61. The summed E-state index contributed by atoms with van der Waals surface area (Å²) in [5.74, 6) is -6.81. The zero-order valence-electron chi connectivity index (χ0n) is 31.5. The van der Waals surface area contributed by atoms with Gasteiger partial charge in [0, 0.05) is 38.5 Å². The fraction of sp³-hybridized carbons (Fsp3) is 0.718. The number of aliphatic hydroxyl groups is 6. The summed E-state index contributed by atoms with van der Waals surface area (Å²) in [5.41, 5.74) is 6.00. The minimum Gasteiger partial charge on any atom is -0.481 e. The van der Waals surface area contributed by atoms with Crippen molar-refractivity contribution in [3.63, 3.8) is 0 Å². The summed E-state index contributed by atoms with van der Waals surface area (Å²) >= 11 is 0. The van der Waals surface area contributed by atoms with E-state index in [1.165, 1.54) is 0 Å². The first kappa shape index (κ1) is 45.6. The Hall–Kier alpha value is -2.83. The van der Waals surface area contributed by atoms with Gasteiger partial charge in [0.1, 0.15) is 23.9 Å². The number of carboxylic acid groups (broad SMARTS) is 1. The summed E-state index contributed by atoms with van der Waals surface area (Å²) in [5, 5.41) is 75.1. The van der Waals surface area contributed by atoms with Crippen LogP contribution in [-0.4, -0.2) is 127 Å². The number of ketones is 1. The lowest BCUT2D eigenvalue weighted by atomic mass is 9.83. The van der Waals surface area contributed by atoms with Gasteiger partial charge in [-0.2, -0.15) is 0 Å². The third kappa shape index (κ3) is 13.7. The van der Waals surface area contributed by atoms with Crippen LogP contribution in [0.1, 0.15) is 91.4 Å². The van der Waals surface area contributed by atoms with Gasteiger partial charge in [0.05, 0.1) is 54.7 Å². The molecule has 2 saturated heterocycles. The summed E-state index contributed by atoms with van der Waals surface area (Å²) in [4.78, 5) is 38.2. The molecule has 0 amide bonds. The highest BCUT2D eigenvalue weighted by atomic mass is 16.7. The summed E-state index contributed by atoms with van der Waals surface area (Å²) < 4.78 is 23.4. The highest BCUT2D eigenvalue weighted by Crippen LogP contribution is 2.38. The molecule has 0 spiro atoms. The SMILES string of the molecule is CCC[C@@H]1C\C=C/C=C\C=C/C=C\[C@H](O[C@@H]2O[C@H](C)[C@@H](O)[C@H](N)[C@@H]2O)C[C@@H]2O[C@](O)(C[C@@H](O)CCCC(=O)C[C@@H](O)[C@H](CC)C(=O)O1)C[C@H](O)[C@H]2C(=O)O. The zero-order chi connectivity index (χ0) is 40.0. The van der Waals surface area contributed by atoms with E-state index in [0.29, 0.717) is 12.8 Å². The quantitative estimate of drug-likeness (QED) is 0.179. The largest absolute Gasteiger partial charge is 0.481 e. The Bertz CT molecular complexity index is 1320. The van der Waals surface area contributed by atoms with Crippen LogP contribution >= 0.6 is 0 Å². The minimum absolute atomic E-state index is 0.0177. The van der Waals surface area contributed by atoms with Gasteiger partial charge >= 0.3 is 11.9 Å². The zero-order valence-corrected chi connectivity index (χ0v) is 31.5. The molecular formula is C39H61NO14. The van der Waals surface area contributed by atoms with E-state index in [-0.39, 0.29) is 44.3 Å². The fourth-order valence-corrected chi connectivity index (χ4v) is 7.15. The average molecular weight is 768 g/mol. The topological polar surface area (TPSA) is 256 Å². The van der Waals surface area contributed by atoms with E-state index in [2.05, 4.69) is 0 Å². The maximum atomic E-state index is 13.0. The number of ether oxygens (including phenoxy) is 4. The third-order valence-electron chi connectivity index (χ3n) is 10.2. The van der Waals surface area contributed by atoms with Gasteiger partial charge in [-0.25, -0.2) is 0 Å². The molecule has 0 aromatic rings. The van der Waals surface area contributed by atoms with Crippen LogP contribution in [0, 0.1) is 11.8 Å². The number of carbonyl (C=O) groups is 3. The number of allylic oxidation sites excluding steroid dienone is 6. The molecule has 3 aliphatic heterocycles. The molecule has 3 heterocycles. The van der Waals surface area contributed by atoms with Crippen LogP contribution < -0.4 is 5.73 Å². The van der Waals surface area contributed by atoms with Crippen molar-refractivity contribution in [1.82, 2.24) is 0 Å². The van der Waals surface area contributed by atoms with Crippen molar-refractivity contribution >= 4 is 17.7 Å². The predicted molar refractivity (Wildman–Crippen MR) is 195 cm³/mol. The van der Waals surface area contributed by atoms with Gasteiger partial charge in [-0.1, -0.05) is 68.9 Å². The molecule has 0 aromatic heterocycles. The van der Waals surface area contributed by atoms with Crippen LogP contribution in [0.25, 0.3) is 0 Å². The lowest BCUT2D eigenvalue weighted by molar-refractivity contribution is -0.308. The fourth-order valence-electron chi connectivity index (χ4n) is 7.15. The van der Waals surface area contributed by atoms with Gasteiger partial charge in [-0.15, -0.1) is 0 Å². The number of Topliss-reactive ketones (excluding diaryl/α,β-unsaturated/α-hetero) is 1.